The highest BCUT2D eigenvalue weighted by atomic mass is 19.4. The van der Waals surface area contributed by atoms with Gasteiger partial charge in [-0.15, -0.1) is 0 Å². The molecule has 0 spiro atoms. The van der Waals surface area contributed by atoms with E-state index in [1.165, 1.54) is 25.2 Å². The van der Waals surface area contributed by atoms with E-state index >= 15 is 0 Å². The monoisotopic (exact) mass is 412 g/mol. The first-order valence-electron chi connectivity index (χ1n) is 8.20. The molecule has 2 amide bonds. The van der Waals surface area contributed by atoms with E-state index in [0.717, 1.165) is 35.2 Å². The maximum Gasteiger partial charge on any atom is 0.417 e. The lowest BCUT2D eigenvalue weighted by Crippen LogP contribution is -2.37. The van der Waals surface area contributed by atoms with E-state index in [-0.39, 0.29) is 0 Å². The molecule has 0 saturated carbocycles. The van der Waals surface area contributed by atoms with Crippen LogP contribution in [-0.4, -0.2) is 42.9 Å². The van der Waals surface area contributed by atoms with Crippen LogP contribution < -0.4 is 5.32 Å². The van der Waals surface area contributed by atoms with Crippen LogP contribution in [0.3, 0.4) is 0 Å². The van der Waals surface area contributed by atoms with Gasteiger partial charge in [0, 0.05) is 12.7 Å². The number of anilines is 1. The van der Waals surface area contributed by atoms with Crippen LogP contribution >= 0.6 is 0 Å². The van der Waals surface area contributed by atoms with Gasteiger partial charge in [-0.1, -0.05) is 12.1 Å². The number of benzene rings is 2. The molecule has 0 fully saturated rings. The average molecular weight is 412 g/mol. The Labute approximate surface area is 163 Å². The van der Waals surface area contributed by atoms with Crippen LogP contribution in [0.15, 0.2) is 48.5 Å². The van der Waals surface area contributed by atoms with E-state index in [2.05, 4.69) is 10.1 Å². The van der Waals surface area contributed by atoms with Gasteiger partial charge in [0.2, 0.25) is 5.91 Å². The van der Waals surface area contributed by atoms with Crippen LogP contribution in [0.25, 0.3) is 0 Å². The third-order valence-electron chi connectivity index (χ3n) is 3.71. The summed E-state index contributed by atoms with van der Waals surface area (Å²) >= 11 is 0. The highest BCUT2D eigenvalue weighted by Gasteiger charge is 2.35. The molecule has 0 atom stereocenters. The van der Waals surface area contributed by atoms with E-state index in [1.54, 1.807) is 0 Å². The van der Waals surface area contributed by atoms with Crippen LogP contribution in [0, 0.1) is 5.82 Å². The number of nitrogens with zero attached hydrogens (tertiary/aromatic N) is 1. The summed E-state index contributed by atoms with van der Waals surface area (Å²) in [4.78, 5) is 36.7. The van der Waals surface area contributed by atoms with Crippen molar-refractivity contribution >= 4 is 23.5 Å². The molecule has 10 heteroatoms. The van der Waals surface area contributed by atoms with Crippen molar-refractivity contribution in [2.24, 2.45) is 0 Å². The lowest BCUT2D eigenvalue weighted by Gasteiger charge is -2.17. The van der Waals surface area contributed by atoms with Crippen LogP contribution in [0.1, 0.15) is 15.9 Å². The van der Waals surface area contributed by atoms with Gasteiger partial charge in [-0.2, -0.15) is 13.2 Å². The number of halogens is 4. The van der Waals surface area contributed by atoms with Crippen LogP contribution in [0.2, 0.25) is 0 Å². The highest BCUT2D eigenvalue weighted by Crippen LogP contribution is 2.32. The average Bonchev–Trinajstić information content (AvgIpc) is 2.66. The third kappa shape index (κ3) is 6.30. The lowest BCUT2D eigenvalue weighted by atomic mass is 10.1. The Morgan fingerprint density at radius 1 is 1.03 bits per heavy atom. The minimum atomic E-state index is -4.76. The summed E-state index contributed by atoms with van der Waals surface area (Å²) in [6.07, 6.45) is -4.76. The first-order chi connectivity index (χ1) is 13.6. The molecule has 0 unspecified atom stereocenters. The number of likely N-dealkylation sites (N-methyl/N-ethyl adjacent to an activating group) is 1. The number of carbonyl (C=O) groups is 3. The summed E-state index contributed by atoms with van der Waals surface area (Å²) in [5, 5.41) is 2.44. The second-order valence-corrected chi connectivity index (χ2v) is 5.92. The number of esters is 1. The topological polar surface area (TPSA) is 75.7 Å². The summed E-state index contributed by atoms with van der Waals surface area (Å²) in [5.41, 5.74) is -1.58. The fourth-order valence-electron chi connectivity index (χ4n) is 2.26. The van der Waals surface area contributed by atoms with Crippen molar-refractivity contribution in [1.29, 1.82) is 0 Å². The molecular formula is C19H16F4N2O4. The number of nitrogens with one attached hydrogen (secondary N) is 1. The Balaban J connectivity index is 1.89. The molecule has 2 aromatic rings. The summed E-state index contributed by atoms with van der Waals surface area (Å²) < 4.78 is 56.3. The smallest absolute Gasteiger partial charge is 0.417 e. The minimum Gasteiger partial charge on any atom is -0.452 e. The van der Waals surface area contributed by atoms with Crippen LogP contribution in [0.5, 0.6) is 0 Å². The molecule has 2 aromatic carbocycles. The van der Waals surface area contributed by atoms with E-state index in [1.807, 2.05) is 0 Å². The van der Waals surface area contributed by atoms with Crippen molar-refractivity contribution in [2.75, 3.05) is 25.5 Å². The molecule has 0 aromatic heterocycles. The molecular weight excluding hydrogens is 396 g/mol. The zero-order valence-electron chi connectivity index (χ0n) is 15.1. The van der Waals surface area contributed by atoms with Crippen LogP contribution in [-0.2, 0) is 20.5 Å². The molecule has 0 bridgehead atoms. The van der Waals surface area contributed by atoms with E-state index in [9.17, 15) is 31.9 Å². The second-order valence-electron chi connectivity index (χ2n) is 5.92. The Kier molecular flexibility index (Phi) is 6.92. The number of alkyl halides is 3. The van der Waals surface area contributed by atoms with Gasteiger partial charge < -0.3 is 15.0 Å². The first-order valence-corrected chi connectivity index (χ1v) is 8.20. The number of rotatable bonds is 6. The number of ether oxygens (including phenoxy) is 1. The van der Waals surface area contributed by atoms with Gasteiger partial charge >= 0.3 is 12.1 Å². The quantitative estimate of drug-likeness (QED) is 0.585. The molecule has 0 saturated heterocycles. The zero-order chi connectivity index (χ0) is 21.6. The number of hydrogen-bond acceptors (Lipinski definition) is 4. The summed E-state index contributed by atoms with van der Waals surface area (Å²) in [6.45, 7) is -1.25. The normalized spacial score (nSPS) is 10.9. The molecule has 6 nitrogen and oxygen atoms in total. The van der Waals surface area contributed by atoms with Crippen molar-refractivity contribution < 1.29 is 36.7 Å². The Morgan fingerprint density at radius 2 is 1.66 bits per heavy atom. The molecule has 2 rings (SSSR count). The molecule has 1 N–H and O–H groups in total. The fraction of sp³-hybridized carbons (Fsp3) is 0.211. The Morgan fingerprint density at radius 3 is 2.28 bits per heavy atom. The summed E-state index contributed by atoms with van der Waals surface area (Å²) in [5.74, 6) is -3.18. The summed E-state index contributed by atoms with van der Waals surface area (Å²) in [7, 11) is 1.25. The first kappa shape index (κ1) is 21.9. The molecule has 0 aliphatic heterocycles. The summed E-state index contributed by atoms with van der Waals surface area (Å²) in [6, 6.07) is 8.97. The van der Waals surface area contributed by atoms with Crippen molar-refractivity contribution in [3.8, 4) is 0 Å². The number of carbonyl (C=O) groups excluding carboxylic acids is 3. The van der Waals surface area contributed by atoms with Crippen LogP contribution in [0.4, 0.5) is 23.2 Å². The van der Waals surface area contributed by atoms with Crippen molar-refractivity contribution in [2.45, 2.75) is 6.18 Å². The maximum atomic E-state index is 12.9. The van der Waals surface area contributed by atoms with Crippen molar-refractivity contribution in [3.05, 3.63) is 65.5 Å². The molecule has 29 heavy (non-hydrogen) atoms. The second kappa shape index (κ2) is 9.18. The Bertz CT molecular complexity index is 898. The predicted octanol–water partition coefficient (Wildman–Crippen LogP) is 3.10. The van der Waals surface area contributed by atoms with Gasteiger partial charge in [-0.25, -0.2) is 9.18 Å². The van der Waals surface area contributed by atoms with Gasteiger partial charge in [-0.3, -0.25) is 9.59 Å². The van der Waals surface area contributed by atoms with Gasteiger partial charge in [-0.05, 0) is 36.4 Å². The molecule has 0 aliphatic carbocycles. The van der Waals surface area contributed by atoms with Gasteiger partial charge in [0.15, 0.2) is 6.61 Å². The largest absolute Gasteiger partial charge is 0.452 e. The van der Waals surface area contributed by atoms with Gasteiger partial charge in [0.05, 0.1) is 17.7 Å². The SMILES string of the molecule is CN(CC(=O)Nc1ccc(F)cc1)C(=O)COC(=O)c1ccccc1C(F)(F)F. The van der Waals surface area contributed by atoms with Gasteiger partial charge in [0.25, 0.3) is 5.91 Å². The van der Waals surface area contributed by atoms with Crippen molar-refractivity contribution in [1.82, 2.24) is 4.90 Å². The molecule has 0 aliphatic rings. The number of hydrogen-bond donors (Lipinski definition) is 1. The fourth-order valence-corrected chi connectivity index (χ4v) is 2.26. The van der Waals surface area contributed by atoms with E-state index < -0.39 is 54.1 Å². The van der Waals surface area contributed by atoms with E-state index in [4.69, 9.17) is 0 Å². The van der Waals surface area contributed by atoms with Gasteiger partial charge in [0.1, 0.15) is 5.82 Å². The molecule has 0 heterocycles. The predicted molar refractivity (Wildman–Crippen MR) is 94.4 cm³/mol. The van der Waals surface area contributed by atoms with Crippen molar-refractivity contribution in [3.63, 3.8) is 0 Å². The standard InChI is InChI=1S/C19H16F4N2O4/c1-25(10-16(26)24-13-8-6-12(20)7-9-13)17(27)11-29-18(28)14-4-2-3-5-15(14)19(21,22)23/h2-9H,10-11H2,1H3,(H,24,26). The maximum absolute atomic E-state index is 12.9. The number of amides is 2. The minimum absolute atomic E-state index is 0.312. The Hall–Kier alpha value is -3.43. The molecule has 154 valence electrons. The third-order valence-corrected chi connectivity index (χ3v) is 3.71. The zero-order valence-corrected chi connectivity index (χ0v) is 15.1. The molecule has 0 radical (unpaired) electrons. The highest BCUT2D eigenvalue weighted by molar-refractivity contribution is 5.96. The van der Waals surface area contributed by atoms with E-state index in [0.29, 0.717) is 5.69 Å². The lowest BCUT2D eigenvalue weighted by molar-refractivity contribution is -0.138.